The van der Waals surface area contributed by atoms with Crippen molar-refractivity contribution in [3.05, 3.63) is 40.3 Å². The van der Waals surface area contributed by atoms with Gasteiger partial charge in [-0.3, -0.25) is 0 Å². The minimum absolute atomic E-state index is 0.350. The van der Waals surface area contributed by atoms with E-state index in [1.54, 1.807) is 7.11 Å². The Kier molecular flexibility index (Phi) is 4.57. The maximum absolute atomic E-state index is 11.5. The van der Waals surface area contributed by atoms with Gasteiger partial charge in [0.2, 0.25) is 0 Å². The minimum Gasteiger partial charge on any atom is -0.497 e. The summed E-state index contributed by atoms with van der Waals surface area (Å²) in [6, 6.07) is 7.78. The highest BCUT2D eigenvalue weighted by Gasteiger charge is 2.16. The van der Waals surface area contributed by atoms with Crippen molar-refractivity contribution in [2.24, 2.45) is 0 Å². The van der Waals surface area contributed by atoms with Gasteiger partial charge in [-0.05, 0) is 36.2 Å². The zero-order valence-electron chi connectivity index (χ0n) is 11.6. The highest BCUT2D eigenvalue weighted by atomic mass is 32.1. The number of benzene rings is 1. The Hall–Kier alpha value is -2.08. The van der Waals surface area contributed by atoms with Crippen molar-refractivity contribution in [1.82, 2.24) is 4.37 Å². The number of hydrogen-bond acceptors (Lipinski definition) is 6. The van der Waals surface area contributed by atoms with Gasteiger partial charge in [0, 0.05) is 12.1 Å². The number of nitrogens with one attached hydrogen (secondary N) is 1. The van der Waals surface area contributed by atoms with Gasteiger partial charge in [0.05, 0.1) is 14.2 Å². The zero-order valence-corrected chi connectivity index (χ0v) is 12.4. The molecule has 0 radical (unpaired) electrons. The van der Waals surface area contributed by atoms with Crippen LogP contribution in [0.4, 0.5) is 5.82 Å². The quantitative estimate of drug-likeness (QED) is 0.859. The lowest BCUT2D eigenvalue weighted by Crippen LogP contribution is -2.03. The molecule has 0 aliphatic rings. The summed E-state index contributed by atoms with van der Waals surface area (Å²) in [4.78, 5) is 12.0. The van der Waals surface area contributed by atoms with Crippen LogP contribution in [0.3, 0.4) is 0 Å². The number of carbonyl (C=O) groups is 1. The lowest BCUT2D eigenvalue weighted by atomic mass is 10.2. The second-order valence-electron chi connectivity index (χ2n) is 4.18. The van der Waals surface area contributed by atoms with E-state index in [2.05, 4.69) is 9.69 Å². The van der Waals surface area contributed by atoms with Crippen LogP contribution in [-0.2, 0) is 11.3 Å². The van der Waals surface area contributed by atoms with Crippen molar-refractivity contribution in [3.63, 3.8) is 0 Å². The molecule has 2 aromatic rings. The highest BCUT2D eigenvalue weighted by Crippen LogP contribution is 2.23. The summed E-state index contributed by atoms with van der Waals surface area (Å²) in [5.74, 6) is 1.19. The molecule has 0 spiro atoms. The topological polar surface area (TPSA) is 60.5 Å². The molecule has 1 aromatic carbocycles. The second kappa shape index (κ2) is 6.38. The molecule has 0 aliphatic carbocycles. The molecule has 0 fully saturated rings. The molecular formula is C14H16N2O3S. The molecule has 0 amide bonds. The Balaban J connectivity index is 2.03. The molecule has 0 saturated carbocycles. The first kappa shape index (κ1) is 14.3. The number of esters is 1. The van der Waals surface area contributed by atoms with Gasteiger partial charge in [0.1, 0.15) is 16.4 Å². The van der Waals surface area contributed by atoms with Crippen molar-refractivity contribution >= 4 is 23.3 Å². The van der Waals surface area contributed by atoms with Crippen molar-refractivity contribution in [1.29, 1.82) is 0 Å². The Morgan fingerprint density at radius 3 is 2.60 bits per heavy atom. The first-order valence-corrected chi connectivity index (χ1v) is 6.84. The third kappa shape index (κ3) is 3.08. The summed E-state index contributed by atoms with van der Waals surface area (Å²) < 4.78 is 14.1. The average Bonchev–Trinajstić information content (AvgIpc) is 2.86. The normalized spacial score (nSPS) is 10.2. The van der Waals surface area contributed by atoms with E-state index in [1.807, 2.05) is 31.2 Å². The van der Waals surface area contributed by atoms with Crippen molar-refractivity contribution in [2.45, 2.75) is 13.5 Å². The highest BCUT2D eigenvalue weighted by molar-refractivity contribution is 7.08. The van der Waals surface area contributed by atoms with Crippen LogP contribution in [0.5, 0.6) is 5.75 Å². The summed E-state index contributed by atoms with van der Waals surface area (Å²) in [5, 5.41) is 3.22. The zero-order chi connectivity index (χ0) is 14.5. The molecule has 0 unspecified atom stereocenters. The molecule has 2 rings (SSSR count). The van der Waals surface area contributed by atoms with Crippen molar-refractivity contribution < 1.29 is 14.3 Å². The molecule has 20 heavy (non-hydrogen) atoms. The fraction of sp³-hybridized carbons (Fsp3) is 0.286. The van der Waals surface area contributed by atoms with Gasteiger partial charge in [-0.15, -0.1) is 0 Å². The lowest BCUT2D eigenvalue weighted by molar-refractivity contribution is 0.0605. The average molecular weight is 292 g/mol. The van der Waals surface area contributed by atoms with E-state index in [1.165, 1.54) is 7.11 Å². The predicted octanol–water partition coefficient (Wildman–Crippen LogP) is 2.86. The molecule has 5 nitrogen and oxygen atoms in total. The van der Waals surface area contributed by atoms with Crippen LogP contribution < -0.4 is 10.1 Å². The van der Waals surface area contributed by atoms with Crippen LogP contribution >= 0.6 is 11.5 Å². The number of rotatable bonds is 5. The van der Waals surface area contributed by atoms with E-state index in [0.29, 0.717) is 17.2 Å². The Morgan fingerprint density at radius 1 is 1.30 bits per heavy atom. The third-order valence-electron chi connectivity index (χ3n) is 2.91. The van der Waals surface area contributed by atoms with Gasteiger partial charge >= 0.3 is 5.97 Å². The van der Waals surface area contributed by atoms with Gasteiger partial charge in [-0.2, -0.15) is 4.37 Å². The fourth-order valence-electron chi connectivity index (χ4n) is 1.71. The largest absolute Gasteiger partial charge is 0.497 e. The minimum atomic E-state index is -0.350. The molecule has 106 valence electrons. The number of anilines is 1. The van der Waals surface area contributed by atoms with Crippen LogP contribution in [0.1, 0.15) is 20.8 Å². The van der Waals surface area contributed by atoms with Gasteiger partial charge in [-0.1, -0.05) is 12.1 Å². The molecule has 6 heteroatoms. The number of hydrogen-bond donors (Lipinski definition) is 1. The molecule has 1 aromatic heterocycles. The summed E-state index contributed by atoms with van der Waals surface area (Å²) in [7, 11) is 3.01. The summed E-state index contributed by atoms with van der Waals surface area (Å²) in [6.07, 6.45) is 0. The fourth-order valence-corrected chi connectivity index (χ4v) is 2.49. The van der Waals surface area contributed by atoms with Crippen molar-refractivity contribution in [3.8, 4) is 5.75 Å². The number of ether oxygens (including phenoxy) is 2. The SMILES string of the molecule is COC(=O)c1snc(NCc2ccc(OC)cc2)c1C. The predicted molar refractivity (Wildman–Crippen MR) is 78.5 cm³/mol. The van der Waals surface area contributed by atoms with E-state index in [9.17, 15) is 4.79 Å². The van der Waals surface area contributed by atoms with Crippen molar-refractivity contribution in [2.75, 3.05) is 19.5 Å². The Labute approximate surface area is 121 Å². The van der Waals surface area contributed by atoms with E-state index in [-0.39, 0.29) is 5.97 Å². The standard InChI is InChI=1S/C14H16N2O3S/c1-9-12(14(17)19-3)20-16-13(9)15-8-10-4-6-11(18-2)7-5-10/h4-7H,8H2,1-3H3,(H,15,16). The Bertz CT molecular complexity index is 593. The summed E-state index contributed by atoms with van der Waals surface area (Å²) in [6.45, 7) is 2.49. The summed E-state index contributed by atoms with van der Waals surface area (Å²) >= 11 is 1.14. The van der Waals surface area contributed by atoms with Crippen LogP contribution in [0.15, 0.2) is 24.3 Å². The molecular weight excluding hydrogens is 276 g/mol. The van der Waals surface area contributed by atoms with Crippen LogP contribution in [-0.4, -0.2) is 24.6 Å². The molecule has 0 bridgehead atoms. The first-order valence-electron chi connectivity index (χ1n) is 6.07. The van der Waals surface area contributed by atoms with Gasteiger partial charge in [0.15, 0.2) is 0 Å². The molecule has 1 heterocycles. The number of methoxy groups -OCH3 is 2. The van der Waals surface area contributed by atoms with E-state index in [0.717, 1.165) is 28.4 Å². The number of carbonyl (C=O) groups excluding carboxylic acids is 1. The van der Waals surface area contributed by atoms with Crippen LogP contribution in [0.25, 0.3) is 0 Å². The lowest BCUT2D eigenvalue weighted by Gasteiger charge is -2.06. The van der Waals surface area contributed by atoms with Gasteiger partial charge in [-0.25, -0.2) is 4.79 Å². The smallest absolute Gasteiger partial charge is 0.350 e. The monoisotopic (exact) mass is 292 g/mol. The van der Waals surface area contributed by atoms with E-state index < -0.39 is 0 Å². The molecule has 0 aliphatic heterocycles. The number of nitrogens with zero attached hydrogens (tertiary/aromatic N) is 1. The molecule has 0 saturated heterocycles. The van der Waals surface area contributed by atoms with Crippen LogP contribution in [0, 0.1) is 6.92 Å². The second-order valence-corrected chi connectivity index (χ2v) is 4.95. The van der Waals surface area contributed by atoms with E-state index >= 15 is 0 Å². The van der Waals surface area contributed by atoms with Gasteiger partial charge in [0.25, 0.3) is 0 Å². The maximum Gasteiger partial charge on any atom is 0.350 e. The summed E-state index contributed by atoms with van der Waals surface area (Å²) in [5.41, 5.74) is 1.92. The van der Waals surface area contributed by atoms with Crippen LogP contribution in [0.2, 0.25) is 0 Å². The third-order valence-corrected chi connectivity index (χ3v) is 3.84. The van der Waals surface area contributed by atoms with E-state index in [4.69, 9.17) is 9.47 Å². The molecule has 1 N–H and O–H groups in total. The van der Waals surface area contributed by atoms with Gasteiger partial charge < -0.3 is 14.8 Å². The Morgan fingerprint density at radius 2 is 2.00 bits per heavy atom. The molecule has 0 atom stereocenters. The maximum atomic E-state index is 11.5. The number of aromatic nitrogens is 1. The first-order chi connectivity index (χ1) is 9.65.